The lowest BCUT2D eigenvalue weighted by Gasteiger charge is -2.24. The fraction of sp³-hybridized carbons (Fsp3) is 0.158. The Morgan fingerprint density at radius 2 is 1.83 bits per heavy atom. The van der Waals surface area contributed by atoms with Crippen molar-refractivity contribution < 1.29 is 18.8 Å². The Labute approximate surface area is 180 Å². The summed E-state index contributed by atoms with van der Waals surface area (Å²) in [6.45, 7) is 0. The Kier molecular flexibility index (Phi) is 6.23. The van der Waals surface area contributed by atoms with Crippen molar-refractivity contribution in [3.05, 3.63) is 64.4 Å². The molecule has 3 rings (SSSR count). The molecule has 3 amide bonds. The van der Waals surface area contributed by atoms with Crippen LogP contribution in [0.25, 0.3) is 0 Å². The Morgan fingerprint density at radius 3 is 2.48 bits per heavy atom. The minimum atomic E-state index is -1.04. The molecule has 2 N–H and O–H groups in total. The third-order valence-corrected chi connectivity index (χ3v) is 5.27. The molecule has 7 nitrogen and oxygen atoms in total. The smallest absolute Gasteiger partial charge is 0.269 e. The molecule has 0 saturated carbocycles. The van der Waals surface area contributed by atoms with Crippen LogP contribution >= 0.6 is 28.1 Å². The van der Waals surface area contributed by atoms with Crippen LogP contribution in [0, 0.1) is 5.82 Å². The van der Waals surface area contributed by atoms with Gasteiger partial charge in [0, 0.05) is 17.1 Å². The number of nitrogens with one attached hydrogen (secondary N) is 2. The molecular formula is C19H16BrFN4O3S. The van der Waals surface area contributed by atoms with Gasteiger partial charge in [0.25, 0.3) is 11.8 Å². The third kappa shape index (κ3) is 4.60. The van der Waals surface area contributed by atoms with Crippen molar-refractivity contribution in [2.24, 2.45) is 0 Å². The second-order valence-electron chi connectivity index (χ2n) is 6.25. The van der Waals surface area contributed by atoms with Gasteiger partial charge in [0.1, 0.15) is 11.9 Å². The zero-order chi connectivity index (χ0) is 21.1. The van der Waals surface area contributed by atoms with Crippen molar-refractivity contribution in [1.82, 2.24) is 15.3 Å². The largest absolute Gasteiger partial charge is 0.324 e. The van der Waals surface area contributed by atoms with E-state index in [1.54, 1.807) is 30.3 Å². The number of carbonyl (C=O) groups excluding carboxylic acids is 3. The van der Waals surface area contributed by atoms with Gasteiger partial charge < -0.3 is 5.32 Å². The Bertz CT molecular complexity index is 986. The van der Waals surface area contributed by atoms with Gasteiger partial charge in [-0.25, -0.2) is 9.40 Å². The van der Waals surface area contributed by atoms with Crippen molar-refractivity contribution in [3.63, 3.8) is 0 Å². The Morgan fingerprint density at radius 1 is 1.17 bits per heavy atom. The summed E-state index contributed by atoms with van der Waals surface area (Å²) >= 11 is 8.52. The number of thiocarbonyl (C=S) groups is 1. The van der Waals surface area contributed by atoms with Crippen molar-refractivity contribution in [2.75, 3.05) is 12.4 Å². The van der Waals surface area contributed by atoms with Crippen LogP contribution in [0.15, 0.2) is 53.0 Å². The SMILES string of the molecule is CN1C(=O)[C@@H](CC(=O)Nc2ccccc2F)N(NC(=O)c2ccc(Br)cc2)C1=S. The van der Waals surface area contributed by atoms with Crippen molar-refractivity contribution >= 4 is 56.7 Å². The van der Waals surface area contributed by atoms with Crippen molar-refractivity contribution in [1.29, 1.82) is 0 Å². The molecule has 2 aromatic carbocycles. The summed E-state index contributed by atoms with van der Waals surface area (Å²) in [5.74, 6) is -2.11. The molecule has 0 aromatic heterocycles. The number of hydrogen-bond acceptors (Lipinski definition) is 4. The van der Waals surface area contributed by atoms with E-state index in [2.05, 4.69) is 26.7 Å². The van der Waals surface area contributed by atoms with Crippen LogP contribution in [0.4, 0.5) is 10.1 Å². The normalized spacial score (nSPS) is 16.2. The molecule has 0 spiro atoms. The first kappa shape index (κ1) is 20.9. The summed E-state index contributed by atoms with van der Waals surface area (Å²) < 4.78 is 14.6. The lowest BCUT2D eigenvalue weighted by molar-refractivity contribution is -0.130. The molecule has 1 aliphatic heterocycles. The van der Waals surface area contributed by atoms with E-state index in [-0.39, 0.29) is 17.2 Å². The molecule has 150 valence electrons. The highest BCUT2D eigenvalue weighted by atomic mass is 79.9. The first-order valence-electron chi connectivity index (χ1n) is 8.49. The molecule has 10 heteroatoms. The van der Waals surface area contributed by atoms with Gasteiger partial charge in [0.2, 0.25) is 5.91 Å². The zero-order valence-electron chi connectivity index (χ0n) is 15.2. The highest BCUT2D eigenvalue weighted by molar-refractivity contribution is 9.10. The van der Waals surface area contributed by atoms with Crippen LogP contribution < -0.4 is 10.7 Å². The summed E-state index contributed by atoms with van der Waals surface area (Å²) in [5.41, 5.74) is 2.94. The summed E-state index contributed by atoms with van der Waals surface area (Å²) in [6.07, 6.45) is -0.321. The van der Waals surface area contributed by atoms with E-state index in [0.29, 0.717) is 5.56 Å². The third-order valence-electron chi connectivity index (χ3n) is 4.28. The summed E-state index contributed by atoms with van der Waals surface area (Å²) in [6, 6.07) is 11.3. The fourth-order valence-electron chi connectivity index (χ4n) is 2.74. The lowest BCUT2D eigenvalue weighted by Crippen LogP contribution is -2.49. The number of anilines is 1. The molecule has 1 atom stereocenters. The van der Waals surface area contributed by atoms with Crippen LogP contribution in [-0.2, 0) is 9.59 Å². The van der Waals surface area contributed by atoms with Crippen LogP contribution in [-0.4, -0.2) is 45.8 Å². The lowest BCUT2D eigenvalue weighted by atomic mass is 10.2. The number of amides is 3. The van der Waals surface area contributed by atoms with Gasteiger partial charge in [0.05, 0.1) is 12.1 Å². The van der Waals surface area contributed by atoms with E-state index in [1.807, 2.05) is 0 Å². The number of nitrogens with zero attached hydrogens (tertiary/aromatic N) is 2. The fourth-order valence-corrected chi connectivity index (χ4v) is 3.27. The second kappa shape index (κ2) is 8.66. The van der Waals surface area contributed by atoms with E-state index in [1.165, 1.54) is 35.2 Å². The maximum absolute atomic E-state index is 13.7. The molecule has 1 fully saturated rings. The number of hydrogen-bond donors (Lipinski definition) is 2. The maximum Gasteiger partial charge on any atom is 0.269 e. The van der Waals surface area contributed by atoms with Crippen molar-refractivity contribution in [2.45, 2.75) is 12.5 Å². The van der Waals surface area contributed by atoms with E-state index in [0.717, 1.165) is 4.47 Å². The summed E-state index contributed by atoms with van der Waals surface area (Å²) in [4.78, 5) is 38.6. The number of likely N-dealkylation sites (N-methyl/N-ethyl adjacent to an activating group) is 1. The van der Waals surface area contributed by atoms with Crippen LogP contribution in [0.2, 0.25) is 0 Å². The summed E-state index contributed by atoms with van der Waals surface area (Å²) in [7, 11) is 1.46. The molecular weight excluding hydrogens is 463 g/mol. The minimum Gasteiger partial charge on any atom is -0.324 e. The topological polar surface area (TPSA) is 81.8 Å². The van der Waals surface area contributed by atoms with Crippen LogP contribution in [0.3, 0.4) is 0 Å². The van der Waals surface area contributed by atoms with Gasteiger partial charge in [-0.3, -0.25) is 24.7 Å². The standard InChI is InChI=1S/C19H16BrFN4O3S/c1-24-18(28)15(10-16(26)22-14-5-3-2-4-13(14)21)25(19(24)29)23-17(27)11-6-8-12(20)9-7-11/h2-9,15H,10H2,1H3,(H,22,26)(H,23,27)/t15-/m1/s1. The van der Waals surface area contributed by atoms with Gasteiger partial charge >= 0.3 is 0 Å². The Hall–Kier alpha value is -2.85. The van der Waals surface area contributed by atoms with Gasteiger partial charge in [-0.2, -0.15) is 0 Å². The minimum absolute atomic E-state index is 0.00400. The number of halogens is 2. The predicted molar refractivity (Wildman–Crippen MR) is 112 cm³/mol. The van der Waals surface area contributed by atoms with Crippen LogP contribution in [0.1, 0.15) is 16.8 Å². The molecule has 0 unspecified atom stereocenters. The number of hydrazine groups is 1. The predicted octanol–water partition coefficient (Wildman–Crippen LogP) is 2.69. The van der Waals surface area contributed by atoms with Gasteiger partial charge in [-0.1, -0.05) is 28.1 Å². The van der Waals surface area contributed by atoms with Gasteiger partial charge in [-0.15, -0.1) is 0 Å². The molecule has 1 saturated heterocycles. The van der Waals surface area contributed by atoms with E-state index in [9.17, 15) is 18.8 Å². The number of carbonyl (C=O) groups is 3. The summed E-state index contributed by atoms with van der Waals surface area (Å²) in [5, 5.41) is 3.67. The highest BCUT2D eigenvalue weighted by Gasteiger charge is 2.42. The van der Waals surface area contributed by atoms with Crippen LogP contribution in [0.5, 0.6) is 0 Å². The number of para-hydroxylation sites is 1. The van der Waals surface area contributed by atoms with Gasteiger partial charge in [-0.05, 0) is 48.6 Å². The van der Waals surface area contributed by atoms with Crippen molar-refractivity contribution in [3.8, 4) is 0 Å². The van der Waals surface area contributed by atoms with E-state index >= 15 is 0 Å². The first-order valence-corrected chi connectivity index (χ1v) is 9.69. The highest BCUT2D eigenvalue weighted by Crippen LogP contribution is 2.20. The van der Waals surface area contributed by atoms with E-state index < -0.39 is 29.6 Å². The quantitative estimate of drug-likeness (QED) is 0.645. The monoisotopic (exact) mass is 478 g/mol. The molecule has 0 bridgehead atoms. The zero-order valence-corrected chi connectivity index (χ0v) is 17.6. The van der Waals surface area contributed by atoms with Gasteiger partial charge in [0.15, 0.2) is 5.11 Å². The number of rotatable bonds is 5. The average molecular weight is 479 g/mol. The molecule has 1 heterocycles. The molecule has 0 aliphatic carbocycles. The molecule has 1 aliphatic rings. The molecule has 2 aromatic rings. The second-order valence-corrected chi connectivity index (χ2v) is 7.53. The van der Waals surface area contributed by atoms with E-state index in [4.69, 9.17) is 12.2 Å². The molecule has 0 radical (unpaired) electrons. The number of benzene rings is 2. The average Bonchev–Trinajstić information content (AvgIpc) is 2.88. The maximum atomic E-state index is 13.7. The first-order chi connectivity index (χ1) is 13.8. The Balaban J connectivity index is 1.74. The molecule has 29 heavy (non-hydrogen) atoms.